The van der Waals surface area contributed by atoms with Crippen LogP contribution in [0.3, 0.4) is 0 Å². The summed E-state index contributed by atoms with van der Waals surface area (Å²) in [6.07, 6.45) is 3.86. The second kappa shape index (κ2) is 6.53. The van der Waals surface area contributed by atoms with Gasteiger partial charge in [-0.25, -0.2) is 0 Å². The minimum Gasteiger partial charge on any atom is -0.192 e. The van der Waals surface area contributed by atoms with Crippen molar-refractivity contribution in [2.24, 2.45) is 0 Å². The van der Waals surface area contributed by atoms with E-state index < -0.39 is 0 Å². The number of hydrogen-bond acceptors (Lipinski definition) is 2. The molecule has 0 aromatic heterocycles. The third-order valence-electron chi connectivity index (χ3n) is 2.33. The van der Waals surface area contributed by atoms with Crippen LogP contribution in [0.15, 0.2) is 23.1 Å². The molecule has 0 aliphatic carbocycles. The van der Waals surface area contributed by atoms with Crippen molar-refractivity contribution in [2.45, 2.75) is 38.0 Å². The van der Waals surface area contributed by atoms with Gasteiger partial charge in [0.2, 0.25) is 0 Å². The molecular formula is C13H17NS. The number of unbranched alkanes of at least 4 members (excludes halogenated alkanes) is 2. The van der Waals surface area contributed by atoms with E-state index in [1.807, 2.05) is 30.8 Å². The maximum absolute atomic E-state index is 8.80. The lowest BCUT2D eigenvalue weighted by atomic mass is 10.1. The lowest BCUT2D eigenvalue weighted by Gasteiger charge is -2.03. The van der Waals surface area contributed by atoms with E-state index in [1.54, 1.807) is 0 Å². The van der Waals surface area contributed by atoms with Crippen LogP contribution in [0.1, 0.15) is 37.3 Å². The van der Waals surface area contributed by atoms with Gasteiger partial charge in [-0.1, -0.05) is 19.8 Å². The lowest BCUT2D eigenvalue weighted by Crippen LogP contribution is -1.84. The van der Waals surface area contributed by atoms with E-state index in [-0.39, 0.29) is 0 Å². The maximum atomic E-state index is 8.80. The van der Waals surface area contributed by atoms with Crippen molar-refractivity contribution >= 4 is 11.8 Å². The first-order valence-corrected chi connectivity index (χ1v) is 6.40. The van der Waals surface area contributed by atoms with Crippen LogP contribution in [0.25, 0.3) is 0 Å². The molecule has 0 radical (unpaired) electrons. The van der Waals surface area contributed by atoms with Gasteiger partial charge in [0.1, 0.15) is 0 Å². The first-order valence-electron chi connectivity index (χ1n) is 5.41. The molecule has 0 bridgehead atoms. The summed E-state index contributed by atoms with van der Waals surface area (Å²) < 4.78 is 0. The average Bonchev–Trinajstić information content (AvgIpc) is 2.25. The Morgan fingerprint density at radius 1 is 1.33 bits per heavy atom. The second-order valence-electron chi connectivity index (χ2n) is 3.64. The zero-order valence-corrected chi connectivity index (χ0v) is 10.2. The zero-order chi connectivity index (χ0) is 11.1. The van der Waals surface area contributed by atoms with Crippen molar-refractivity contribution in [3.8, 4) is 6.07 Å². The highest BCUT2D eigenvalue weighted by molar-refractivity contribution is 7.99. The summed E-state index contributed by atoms with van der Waals surface area (Å²) in [5.74, 6) is 1.18. The molecule has 2 heteroatoms. The molecule has 0 saturated carbocycles. The van der Waals surface area contributed by atoms with Crippen molar-refractivity contribution in [2.75, 3.05) is 5.75 Å². The third-order valence-corrected chi connectivity index (χ3v) is 3.42. The number of benzene rings is 1. The van der Waals surface area contributed by atoms with Crippen LogP contribution in [-0.2, 0) is 0 Å². The highest BCUT2D eigenvalue weighted by Crippen LogP contribution is 2.22. The molecule has 0 saturated heterocycles. The SMILES string of the molecule is CCCCCSc1ccc(C#N)c(C)c1. The van der Waals surface area contributed by atoms with E-state index in [2.05, 4.69) is 19.1 Å². The van der Waals surface area contributed by atoms with Crippen molar-refractivity contribution in [3.05, 3.63) is 29.3 Å². The molecule has 0 unspecified atom stereocenters. The third kappa shape index (κ3) is 3.97. The van der Waals surface area contributed by atoms with Crippen molar-refractivity contribution in [1.29, 1.82) is 5.26 Å². The molecule has 1 aromatic rings. The Hall–Kier alpha value is -0.940. The number of thioether (sulfide) groups is 1. The zero-order valence-electron chi connectivity index (χ0n) is 9.42. The van der Waals surface area contributed by atoms with Crippen molar-refractivity contribution < 1.29 is 0 Å². The molecule has 0 atom stereocenters. The van der Waals surface area contributed by atoms with E-state index in [4.69, 9.17) is 5.26 Å². The summed E-state index contributed by atoms with van der Waals surface area (Å²) in [6, 6.07) is 8.25. The molecular weight excluding hydrogens is 202 g/mol. The Morgan fingerprint density at radius 2 is 2.13 bits per heavy atom. The number of rotatable bonds is 5. The fourth-order valence-electron chi connectivity index (χ4n) is 1.39. The van der Waals surface area contributed by atoms with Crippen LogP contribution in [0.5, 0.6) is 0 Å². The van der Waals surface area contributed by atoms with Gasteiger partial charge in [-0.2, -0.15) is 5.26 Å². The number of aryl methyl sites for hydroxylation is 1. The van der Waals surface area contributed by atoms with Gasteiger partial charge >= 0.3 is 0 Å². The molecule has 80 valence electrons. The maximum Gasteiger partial charge on any atom is 0.0994 e. The van der Waals surface area contributed by atoms with Gasteiger partial charge in [0.15, 0.2) is 0 Å². The predicted molar refractivity (Wildman–Crippen MR) is 66.1 cm³/mol. The minimum atomic E-state index is 0.785. The van der Waals surface area contributed by atoms with Gasteiger partial charge in [-0.3, -0.25) is 0 Å². The molecule has 0 aliphatic heterocycles. The second-order valence-corrected chi connectivity index (χ2v) is 4.81. The molecule has 0 amide bonds. The lowest BCUT2D eigenvalue weighted by molar-refractivity contribution is 0.778. The van der Waals surface area contributed by atoms with Crippen LogP contribution >= 0.6 is 11.8 Å². The van der Waals surface area contributed by atoms with Crippen molar-refractivity contribution in [1.82, 2.24) is 0 Å². The molecule has 0 heterocycles. The summed E-state index contributed by atoms with van der Waals surface area (Å²) in [6.45, 7) is 4.21. The molecule has 15 heavy (non-hydrogen) atoms. The van der Waals surface area contributed by atoms with E-state index in [9.17, 15) is 0 Å². The van der Waals surface area contributed by atoms with E-state index in [0.29, 0.717) is 0 Å². The topological polar surface area (TPSA) is 23.8 Å². The first-order chi connectivity index (χ1) is 7.27. The Morgan fingerprint density at radius 3 is 2.73 bits per heavy atom. The van der Waals surface area contributed by atoms with E-state index in [0.717, 1.165) is 11.1 Å². The highest BCUT2D eigenvalue weighted by Gasteiger charge is 1.99. The Labute approximate surface area is 96.5 Å². The molecule has 1 aromatic carbocycles. The Bertz CT molecular complexity index is 352. The molecule has 0 N–H and O–H groups in total. The highest BCUT2D eigenvalue weighted by atomic mass is 32.2. The molecule has 0 spiro atoms. The van der Waals surface area contributed by atoms with Gasteiger partial charge in [-0.15, -0.1) is 11.8 Å². The predicted octanol–water partition coefficient (Wildman–Crippen LogP) is 4.15. The first kappa shape index (κ1) is 12.1. The molecule has 1 nitrogen and oxygen atoms in total. The summed E-state index contributed by atoms with van der Waals surface area (Å²) in [7, 11) is 0. The number of nitrogens with zero attached hydrogens (tertiary/aromatic N) is 1. The minimum absolute atomic E-state index is 0.785. The van der Waals surface area contributed by atoms with Crippen LogP contribution in [-0.4, -0.2) is 5.75 Å². The van der Waals surface area contributed by atoms with E-state index in [1.165, 1.54) is 29.9 Å². The summed E-state index contributed by atoms with van der Waals surface area (Å²) in [5, 5.41) is 8.80. The standard InChI is InChI=1S/C13H17NS/c1-3-4-5-8-15-13-7-6-12(10-14)11(2)9-13/h6-7,9H,3-5,8H2,1-2H3. The summed E-state index contributed by atoms with van der Waals surface area (Å²) in [5.41, 5.74) is 1.87. The molecule has 0 fully saturated rings. The Balaban J connectivity index is 2.49. The normalized spacial score (nSPS) is 9.93. The fraction of sp³-hybridized carbons (Fsp3) is 0.462. The fourth-order valence-corrected chi connectivity index (χ4v) is 2.40. The van der Waals surface area contributed by atoms with Gasteiger partial charge in [0, 0.05) is 4.90 Å². The van der Waals surface area contributed by atoms with Gasteiger partial charge in [-0.05, 0) is 42.9 Å². The van der Waals surface area contributed by atoms with E-state index >= 15 is 0 Å². The van der Waals surface area contributed by atoms with Crippen LogP contribution in [0.2, 0.25) is 0 Å². The summed E-state index contributed by atoms with van der Waals surface area (Å²) >= 11 is 1.88. The van der Waals surface area contributed by atoms with Crippen LogP contribution in [0, 0.1) is 18.3 Å². The van der Waals surface area contributed by atoms with Gasteiger partial charge < -0.3 is 0 Å². The van der Waals surface area contributed by atoms with Gasteiger partial charge in [0.25, 0.3) is 0 Å². The monoisotopic (exact) mass is 219 g/mol. The Kier molecular flexibility index (Phi) is 5.28. The largest absolute Gasteiger partial charge is 0.192 e. The van der Waals surface area contributed by atoms with Crippen LogP contribution in [0.4, 0.5) is 0 Å². The van der Waals surface area contributed by atoms with Crippen LogP contribution < -0.4 is 0 Å². The number of hydrogen-bond donors (Lipinski definition) is 0. The average molecular weight is 219 g/mol. The van der Waals surface area contributed by atoms with Crippen molar-refractivity contribution in [3.63, 3.8) is 0 Å². The molecule has 0 aliphatic rings. The van der Waals surface area contributed by atoms with Gasteiger partial charge in [0.05, 0.1) is 11.6 Å². The molecule has 1 rings (SSSR count). The quantitative estimate of drug-likeness (QED) is 0.548. The smallest absolute Gasteiger partial charge is 0.0994 e. The number of nitriles is 1. The summed E-state index contributed by atoms with van der Waals surface area (Å²) in [4.78, 5) is 1.28.